The number of amides is 3. The number of carbonyl (C=O) groups excluding carboxylic acids is 3. The highest BCUT2D eigenvalue weighted by Gasteiger charge is 2.17. The third-order valence-electron chi connectivity index (χ3n) is 6.47. The molecule has 226 valence electrons. The molecular formula is C35H27ClFN3O4S. The van der Waals surface area contributed by atoms with Crippen molar-refractivity contribution in [3.63, 3.8) is 0 Å². The van der Waals surface area contributed by atoms with E-state index < -0.39 is 17.6 Å². The minimum Gasteiger partial charge on any atom is -0.457 e. The second-order valence-electron chi connectivity index (χ2n) is 9.89. The Labute approximate surface area is 268 Å². The first kappa shape index (κ1) is 31.3. The molecule has 3 N–H and O–H groups in total. The van der Waals surface area contributed by atoms with Gasteiger partial charge < -0.3 is 20.4 Å². The van der Waals surface area contributed by atoms with Crippen molar-refractivity contribution >= 4 is 58.5 Å². The predicted octanol–water partition coefficient (Wildman–Crippen LogP) is 8.19. The van der Waals surface area contributed by atoms with Gasteiger partial charge in [-0.2, -0.15) is 0 Å². The highest BCUT2D eigenvalue weighted by Crippen LogP contribution is 2.25. The Kier molecular flexibility index (Phi) is 10.1. The van der Waals surface area contributed by atoms with Crippen LogP contribution in [0.15, 0.2) is 124 Å². The van der Waals surface area contributed by atoms with E-state index in [0.717, 1.165) is 22.1 Å². The van der Waals surface area contributed by atoms with Crippen molar-refractivity contribution in [3.8, 4) is 11.3 Å². The lowest BCUT2D eigenvalue weighted by Gasteiger charge is -2.11. The summed E-state index contributed by atoms with van der Waals surface area (Å²) in [5.41, 5.74) is 2.89. The van der Waals surface area contributed by atoms with Crippen LogP contribution >= 0.6 is 23.4 Å². The minimum atomic E-state index is -0.618. The fourth-order valence-electron chi connectivity index (χ4n) is 4.15. The molecule has 0 spiro atoms. The average Bonchev–Trinajstić information content (AvgIpc) is 3.51. The number of carbonyl (C=O) groups is 3. The average molecular weight is 640 g/mol. The zero-order chi connectivity index (χ0) is 31.8. The number of nitrogens with one attached hydrogen (secondary N) is 3. The molecule has 0 aliphatic carbocycles. The van der Waals surface area contributed by atoms with Gasteiger partial charge in [-0.15, -0.1) is 11.8 Å². The maximum Gasteiger partial charge on any atom is 0.272 e. The molecule has 45 heavy (non-hydrogen) atoms. The van der Waals surface area contributed by atoms with Crippen molar-refractivity contribution in [1.82, 2.24) is 5.32 Å². The summed E-state index contributed by atoms with van der Waals surface area (Å²) in [5.74, 6) is -0.967. The topological polar surface area (TPSA) is 100 Å². The number of benzene rings is 4. The fraction of sp³-hybridized carbons (Fsp3) is 0.0571. The molecule has 0 unspecified atom stereocenters. The standard InChI is InChI=1S/C35H27ClFN3O4S/c1-22-7-9-23(10-8-22)32-18-14-27(44-32)20-31(40-34(42)24-5-3-2-4-6-24)35(43)38-26-12-15-28(16-13-26)45-21-33(41)39-30-17-11-25(36)19-29(30)37/h2-20H,21H2,1H3,(H,38,43)(H,39,41)(H,40,42). The molecule has 10 heteroatoms. The number of hydrogen-bond donors (Lipinski definition) is 3. The Morgan fingerprint density at radius 2 is 1.60 bits per heavy atom. The molecule has 1 heterocycles. The van der Waals surface area contributed by atoms with E-state index in [1.807, 2.05) is 31.2 Å². The minimum absolute atomic E-state index is 0.0155. The lowest BCUT2D eigenvalue weighted by Crippen LogP contribution is -2.30. The molecule has 0 atom stereocenters. The van der Waals surface area contributed by atoms with Crippen molar-refractivity contribution in [2.24, 2.45) is 0 Å². The maximum absolute atomic E-state index is 14.0. The number of hydrogen-bond acceptors (Lipinski definition) is 5. The summed E-state index contributed by atoms with van der Waals surface area (Å²) in [6.45, 7) is 2.00. The molecule has 4 aromatic carbocycles. The van der Waals surface area contributed by atoms with Gasteiger partial charge in [0.05, 0.1) is 11.4 Å². The van der Waals surface area contributed by atoms with E-state index in [4.69, 9.17) is 16.0 Å². The van der Waals surface area contributed by atoms with Gasteiger partial charge in [0.15, 0.2) is 0 Å². The molecule has 7 nitrogen and oxygen atoms in total. The maximum atomic E-state index is 14.0. The van der Waals surface area contributed by atoms with Crippen LogP contribution in [0.3, 0.4) is 0 Å². The molecule has 3 amide bonds. The largest absolute Gasteiger partial charge is 0.457 e. The third kappa shape index (κ3) is 8.72. The zero-order valence-electron chi connectivity index (χ0n) is 24.0. The van der Waals surface area contributed by atoms with E-state index in [1.165, 1.54) is 30.0 Å². The van der Waals surface area contributed by atoms with Crippen molar-refractivity contribution in [1.29, 1.82) is 0 Å². The van der Waals surface area contributed by atoms with E-state index in [2.05, 4.69) is 16.0 Å². The first-order valence-electron chi connectivity index (χ1n) is 13.8. The van der Waals surface area contributed by atoms with Crippen LogP contribution in [0, 0.1) is 12.7 Å². The van der Waals surface area contributed by atoms with Crippen LogP contribution in [0.25, 0.3) is 17.4 Å². The zero-order valence-corrected chi connectivity index (χ0v) is 25.5. The molecule has 1 aromatic heterocycles. The number of thioether (sulfide) groups is 1. The molecule has 0 fully saturated rings. The van der Waals surface area contributed by atoms with E-state index >= 15 is 0 Å². The summed E-state index contributed by atoms with van der Waals surface area (Å²) in [5, 5.41) is 8.25. The Balaban J connectivity index is 1.26. The van der Waals surface area contributed by atoms with E-state index in [0.29, 0.717) is 22.8 Å². The third-order valence-corrected chi connectivity index (χ3v) is 7.71. The van der Waals surface area contributed by atoms with Crippen LogP contribution in [0.5, 0.6) is 0 Å². The van der Waals surface area contributed by atoms with Crippen molar-refractivity contribution in [2.75, 3.05) is 16.4 Å². The van der Waals surface area contributed by atoms with E-state index in [1.54, 1.807) is 66.7 Å². The van der Waals surface area contributed by atoms with Gasteiger partial charge in [0.1, 0.15) is 23.0 Å². The number of aryl methyl sites for hydroxylation is 1. The molecule has 5 aromatic rings. The first-order valence-corrected chi connectivity index (χ1v) is 15.1. The van der Waals surface area contributed by atoms with E-state index in [-0.39, 0.29) is 28.1 Å². The summed E-state index contributed by atoms with van der Waals surface area (Å²) in [4.78, 5) is 39.4. The summed E-state index contributed by atoms with van der Waals surface area (Å²) in [7, 11) is 0. The Hall–Kier alpha value is -5.12. The van der Waals surface area contributed by atoms with Crippen LogP contribution in [-0.4, -0.2) is 23.5 Å². The molecule has 0 aliphatic rings. The van der Waals surface area contributed by atoms with Gasteiger partial charge >= 0.3 is 0 Å². The van der Waals surface area contributed by atoms with Crippen molar-refractivity contribution in [3.05, 3.63) is 143 Å². The quantitative estimate of drug-likeness (QED) is 0.106. The van der Waals surface area contributed by atoms with Crippen LogP contribution in [0.1, 0.15) is 21.7 Å². The second-order valence-corrected chi connectivity index (χ2v) is 11.4. The summed E-state index contributed by atoms with van der Waals surface area (Å²) >= 11 is 7.00. The molecular weight excluding hydrogens is 613 g/mol. The summed E-state index contributed by atoms with van der Waals surface area (Å²) in [6, 6.07) is 30.8. The predicted molar refractivity (Wildman–Crippen MR) is 177 cm³/mol. The smallest absolute Gasteiger partial charge is 0.272 e. The molecule has 0 saturated heterocycles. The Morgan fingerprint density at radius 1 is 0.867 bits per heavy atom. The molecule has 0 saturated carbocycles. The normalized spacial score (nSPS) is 11.1. The van der Waals surface area contributed by atoms with Gasteiger partial charge in [-0.05, 0) is 73.7 Å². The highest BCUT2D eigenvalue weighted by molar-refractivity contribution is 8.00. The highest BCUT2D eigenvalue weighted by atomic mass is 35.5. The Morgan fingerprint density at radius 3 is 2.31 bits per heavy atom. The number of anilines is 2. The van der Waals surface area contributed by atoms with Gasteiger partial charge in [0.25, 0.3) is 11.8 Å². The van der Waals surface area contributed by atoms with Crippen LogP contribution in [0.2, 0.25) is 5.02 Å². The summed E-state index contributed by atoms with van der Waals surface area (Å²) < 4.78 is 19.9. The Bertz CT molecular complexity index is 1860. The number of furan rings is 1. The molecule has 5 rings (SSSR count). The first-order chi connectivity index (χ1) is 21.7. The van der Waals surface area contributed by atoms with Crippen LogP contribution in [0.4, 0.5) is 15.8 Å². The number of rotatable bonds is 10. The second kappa shape index (κ2) is 14.6. The van der Waals surface area contributed by atoms with Crippen molar-refractivity contribution in [2.45, 2.75) is 11.8 Å². The molecule has 0 aliphatic heterocycles. The van der Waals surface area contributed by atoms with E-state index in [9.17, 15) is 18.8 Å². The van der Waals surface area contributed by atoms with Gasteiger partial charge in [-0.1, -0.05) is 59.6 Å². The van der Waals surface area contributed by atoms with Gasteiger partial charge in [0.2, 0.25) is 5.91 Å². The van der Waals surface area contributed by atoms with Crippen molar-refractivity contribution < 1.29 is 23.2 Å². The van der Waals surface area contributed by atoms with Crippen LogP contribution < -0.4 is 16.0 Å². The molecule has 0 bridgehead atoms. The lowest BCUT2D eigenvalue weighted by atomic mass is 10.1. The lowest BCUT2D eigenvalue weighted by molar-refractivity contribution is -0.114. The SMILES string of the molecule is Cc1ccc(-c2ccc(C=C(NC(=O)c3ccccc3)C(=O)Nc3ccc(SCC(=O)Nc4ccc(Cl)cc4F)cc3)o2)cc1. The fourth-order valence-corrected chi connectivity index (χ4v) is 5.00. The molecule has 0 radical (unpaired) electrons. The number of halogens is 2. The van der Waals surface area contributed by atoms with Gasteiger partial charge in [0, 0.05) is 32.8 Å². The monoisotopic (exact) mass is 639 g/mol. The summed E-state index contributed by atoms with van der Waals surface area (Å²) in [6.07, 6.45) is 1.47. The van der Waals surface area contributed by atoms with Gasteiger partial charge in [-0.3, -0.25) is 14.4 Å². The van der Waals surface area contributed by atoms with Crippen LogP contribution in [-0.2, 0) is 9.59 Å². The van der Waals surface area contributed by atoms with Gasteiger partial charge in [-0.25, -0.2) is 4.39 Å².